The molecule has 0 radical (unpaired) electrons. The van der Waals surface area contributed by atoms with E-state index in [4.69, 9.17) is 4.84 Å². The van der Waals surface area contributed by atoms with Crippen LogP contribution >= 0.6 is 0 Å². The Morgan fingerprint density at radius 3 is 2.32 bits per heavy atom. The minimum Gasteiger partial charge on any atom is -0.478 e. The smallest absolute Gasteiger partial charge is 0.335 e. The van der Waals surface area contributed by atoms with Crippen molar-refractivity contribution < 1.29 is 24.3 Å². The number of carboxylic acid groups (broad SMARTS) is 1. The minimum atomic E-state index is -1.07. The molecule has 2 atom stereocenters. The first kappa shape index (κ1) is 28.1. The highest BCUT2D eigenvalue weighted by Crippen LogP contribution is 2.38. The molecule has 5 rings (SSSR count). The monoisotopic (exact) mass is 554 g/mol. The summed E-state index contributed by atoms with van der Waals surface area (Å²) in [4.78, 5) is 45.1. The largest absolute Gasteiger partial charge is 0.478 e. The van der Waals surface area contributed by atoms with E-state index in [1.165, 1.54) is 31.4 Å². The molecule has 41 heavy (non-hydrogen) atoms. The van der Waals surface area contributed by atoms with Gasteiger partial charge in [-0.1, -0.05) is 42.8 Å². The van der Waals surface area contributed by atoms with Crippen LogP contribution in [0.2, 0.25) is 0 Å². The van der Waals surface area contributed by atoms with Gasteiger partial charge in [-0.05, 0) is 68.7 Å². The van der Waals surface area contributed by atoms with Gasteiger partial charge in [-0.3, -0.25) is 19.3 Å². The second-order valence-electron chi connectivity index (χ2n) is 10.5. The lowest BCUT2D eigenvalue weighted by Crippen LogP contribution is -2.45. The summed E-state index contributed by atoms with van der Waals surface area (Å²) in [6.45, 7) is 5.63. The molecule has 4 N–H and O–H groups in total. The lowest BCUT2D eigenvalue weighted by atomic mass is 9.98. The van der Waals surface area contributed by atoms with Gasteiger partial charge in [0.1, 0.15) is 0 Å². The lowest BCUT2D eigenvalue weighted by Gasteiger charge is -2.38. The molecule has 1 fully saturated rings. The van der Waals surface area contributed by atoms with Crippen molar-refractivity contribution in [1.82, 2.24) is 10.4 Å². The van der Waals surface area contributed by atoms with Crippen LogP contribution in [0, 0.1) is 0 Å². The number of rotatable bonds is 9. The normalized spacial score (nSPS) is 19.7. The molecule has 3 aromatic carbocycles. The maximum absolute atomic E-state index is 13.1. The maximum Gasteiger partial charge on any atom is 0.335 e. The number of hydrogen-bond donors (Lipinski definition) is 4. The Morgan fingerprint density at radius 2 is 1.63 bits per heavy atom. The van der Waals surface area contributed by atoms with Gasteiger partial charge in [0.05, 0.1) is 29.1 Å². The van der Waals surface area contributed by atoms with Crippen molar-refractivity contribution in [2.75, 3.05) is 23.8 Å². The number of aromatic carboxylic acids is 1. The SMILES string of the molecule is C[C@@H]1CCC[C@H](C)N1CCONC(=O)c1ccc(N/C(=C2\C(=O)Nc3cc(C(=O)O)ccc32)c2ccccc2)cc1. The fourth-order valence-corrected chi connectivity index (χ4v) is 5.53. The van der Waals surface area contributed by atoms with Crippen molar-refractivity contribution in [1.29, 1.82) is 0 Å². The summed E-state index contributed by atoms with van der Waals surface area (Å²) in [7, 11) is 0. The molecule has 9 nitrogen and oxygen atoms in total. The van der Waals surface area contributed by atoms with Crippen molar-refractivity contribution in [3.05, 3.63) is 95.1 Å². The molecule has 0 spiro atoms. The van der Waals surface area contributed by atoms with Crippen LogP contribution in [0.5, 0.6) is 0 Å². The van der Waals surface area contributed by atoms with Gasteiger partial charge in [0.2, 0.25) is 0 Å². The summed E-state index contributed by atoms with van der Waals surface area (Å²) in [5.41, 5.74) is 6.52. The second kappa shape index (κ2) is 12.4. The highest BCUT2D eigenvalue weighted by atomic mass is 16.7. The quantitative estimate of drug-likeness (QED) is 0.162. The van der Waals surface area contributed by atoms with Gasteiger partial charge in [-0.2, -0.15) is 0 Å². The van der Waals surface area contributed by atoms with Crippen LogP contribution in [-0.4, -0.2) is 53.0 Å². The van der Waals surface area contributed by atoms with Crippen LogP contribution in [0.15, 0.2) is 72.8 Å². The van der Waals surface area contributed by atoms with E-state index in [2.05, 4.69) is 34.9 Å². The summed E-state index contributed by atoms with van der Waals surface area (Å²) in [6.07, 6.45) is 3.62. The zero-order valence-corrected chi connectivity index (χ0v) is 23.1. The Balaban J connectivity index is 1.30. The molecule has 0 aromatic heterocycles. The number of hydrogen-bond acceptors (Lipinski definition) is 6. The number of hydroxylamine groups is 1. The average molecular weight is 555 g/mol. The first-order valence-corrected chi connectivity index (χ1v) is 13.9. The molecule has 2 aliphatic rings. The van der Waals surface area contributed by atoms with Crippen LogP contribution in [-0.2, 0) is 9.63 Å². The molecule has 0 bridgehead atoms. The molecule has 9 heteroatoms. The number of carboxylic acids is 1. The molecule has 1 saturated heterocycles. The minimum absolute atomic E-state index is 0.0907. The topological polar surface area (TPSA) is 120 Å². The molecule has 2 heterocycles. The predicted octanol–water partition coefficient (Wildman–Crippen LogP) is 5.24. The molecular formula is C32H34N4O5. The number of carbonyl (C=O) groups is 3. The predicted molar refractivity (Wildman–Crippen MR) is 158 cm³/mol. The Bertz CT molecular complexity index is 1460. The summed E-state index contributed by atoms with van der Waals surface area (Å²) in [5.74, 6) is -1.74. The molecule has 212 valence electrons. The first-order valence-electron chi connectivity index (χ1n) is 13.9. The van der Waals surface area contributed by atoms with Crippen molar-refractivity contribution in [2.45, 2.75) is 45.2 Å². The lowest BCUT2D eigenvalue weighted by molar-refractivity contribution is -0.110. The summed E-state index contributed by atoms with van der Waals surface area (Å²) in [6, 6.07) is 21.9. The zero-order valence-electron chi connectivity index (χ0n) is 23.1. The van der Waals surface area contributed by atoms with E-state index >= 15 is 0 Å². The standard InChI is InChI=1S/C32H34N4O5/c1-20-7-6-8-21(2)36(20)17-18-41-35-30(37)23-11-14-25(15-12-23)33-29(22-9-4-3-5-10-22)28-26-16-13-24(32(39)40)19-27(26)34-31(28)38/h3-5,9-16,19-21,33H,6-8,17-18H2,1-2H3,(H,34,38)(H,35,37)(H,39,40)/b29-28-/t20-,21+. The first-order chi connectivity index (χ1) is 19.8. The molecule has 2 aliphatic heterocycles. The van der Waals surface area contributed by atoms with Gasteiger partial charge in [0, 0.05) is 35.4 Å². The van der Waals surface area contributed by atoms with Gasteiger partial charge in [0.15, 0.2) is 0 Å². The molecule has 0 unspecified atom stereocenters. The van der Waals surface area contributed by atoms with E-state index in [0.717, 1.165) is 12.1 Å². The van der Waals surface area contributed by atoms with Crippen LogP contribution in [0.3, 0.4) is 0 Å². The third-order valence-corrected chi connectivity index (χ3v) is 7.73. The van der Waals surface area contributed by atoms with Crippen LogP contribution in [0.4, 0.5) is 11.4 Å². The number of likely N-dealkylation sites (tertiary alicyclic amines) is 1. The van der Waals surface area contributed by atoms with Gasteiger partial charge in [-0.25, -0.2) is 10.3 Å². The van der Waals surface area contributed by atoms with Crippen molar-refractivity contribution in [3.63, 3.8) is 0 Å². The summed E-state index contributed by atoms with van der Waals surface area (Å²) in [5, 5.41) is 15.5. The van der Waals surface area contributed by atoms with Crippen molar-refractivity contribution >= 4 is 40.4 Å². The number of carbonyl (C=O) groups excluding carboxylic acids is 2. The van der Waals surface area contributed by atoms with E-state index in [9.17, 15) is 19.5 Å². The third kappa shape index (κ3) is 6.32. The number of nitrogens with zero attached hydrogens (tertiary/aromatic N) is 1. The number of piperidine rings is 1. The Labute approximate surface area is 239 Å². The zero-order chi connectivity index (χ0) is 28.9. The van der Waals surface area contributed by atoms with E-state index in [1.807, 2.05) is 30.3 Å². The number of nitrogens with one attached hydrogen (secondary N) is 3. The number of amides is 2. The summed E-state index contributed by atoms with van der Waals surface area (Å²) >= 11 is 0. The van der Waals surface area contributed by atoms with E-state index in [0.29, 0.717) is 52.5 Å². The van der Waals surface area contributed by atoms with E-state index < -0.39 is 5.97 Å². The van der Waals surface area contributed by atoms with Crippen LogP contribution in [0.25, 0.3) is 11.3 Å². The highest BCUT2D eigenvalue weighted by Gasteiger charge is 2.29. The molecule has 0 saturated carbocycles. The number of benzene rings is 3. The van der Waals surface area contributed by atoms with Crippen LogP contribution < -0.4 is 16.1 Å². The molecule has 2 amide bonds. The van der Waals surface area contributed by atoms with Gasteiger partial charge in [-0.15, -0.1) is 0 Å². The fraction of sp³-hybridized carbons (Fsp3) is 0.281. The maximum atomic E-state index is 13.1. The summed E-state index contributed by atoms with van der Waals surface area (Å²) < 4.78 is 0. The average Bonchev–Trinajstić information content (AvgIpc) is 3.30. The van der Waals surface area contributed by atoms with E-state index in [-0.39, 0.29) is 17.4 Å². The number of anilines is 2. The van der Waals surface area contributed by atoms with Crippen molar-refractivity contribution in [2.24, 2.45) is 0 Å². The van der Waals surface area contributed by atoms with Gasteiger partial charge >= 0.3 is 5.97 Å². The highest BCUT2D eigenvalue weighted by molar-refractivity contribution is 6.37. The van der Waals surface area contributed by atoms with Gasteiger partial charge in [0.25, 0.3) is 11.8 Å². The molecule has 3 aromatic rings. The van der Waals surface area contributed by atoms with Gasteiger partial charge < -0.3 is 15.7 Å². The second-order valence-corrected chi connectivity index (χ2v) is 10.5. The van der Waals surface area contributed by atoms with E-state index in [1.54, 1.807) is 30.3 Å². The molecular weight excluding hydrogens is 520 g/mol. The Hall–Kier alpha value is -4.47. The fourth-order valence-electron chi connectivity index (χ4n) is 5.53. The van der Waals surface area contributed by atoms with Crippen LogP contribution in [0.1, 0.15) is 65.0 Å². The Morgan fingerprint density at radius 1 is 0.951 bits per heavy atom. The number of fused-ring (bicyclic) bond motifs is 1. The Kier molecular flexibility index (Phi) is 8.47. The molecule has 0 aliphatic carbocycles. The third-order valence-electron chi connectivity index (χ3n) is 7.73. The van der Waals surface area contributed by atoms with Crippen molar-refractivity contribution in [3.8, 4) is 0 Å².